The molecule has 1 aliphatic heterocycles. The average molecular weight is 994 g/mol. The molecule has 0 atom stereocenters. The minimum atomic E-state index is -0.754. The molecule has 6 aromatic rings. The summed E-state index contributed by atoms with van der Waals surface area (Å²) in [4.78, 5) is 51.6. The van der Waals surface area contributed by atoms with Gasteiger partial charge in [0.05, 0.1) is 33.8 Å². The minimum Gasteiger partial charge on any atom is -0.454 e. The van der Waals surface area contributed by atoms with Gasteiger partial charge in [-0.25, -0.2) is 34.6 Å². The summed E-state index contributed by atoms with van der Waals surface area (Å²) in [6.45, 7) is 3.68. The van der Waals surface area contributed by atoms with E-state index in [1.807, 2.05) is 30.5 Å². The van der Waals surface area contributed by atoms with E-state index >= 15 is 4.39 Å². The molecule has 57 heavy (non-hydrogen) atoms. The molecule has 1 aliphatic rings. The number of halogens is 4. The Balaban J connectivity index is 0.988. The first kappa shape index (κ1) is 40.3. The van der Waals surface area contributed by atoms with E-state index in [-0.39, 0.29) is 55.2 Å². The zero-order valence-corrected chi connectivity index (χ0v) is 35.6. The van der Waals surface area contributed by atoms with Crippen LogP contribution in [0.15, 0.2) is 75.9 Å². The number of hydrogen-bond acceptors (Lipinski definition) is 13. The van der Waals surface area contributed by atoms with E-state index in [0.717, 1.165) is 12.9 Å². The second-order valence-corrected chi connectivity index (χ2v) is 16.0. The van der Waals surface area contributed by atoms with Gasteiger partial charge in [0.15, 0.2) is 39.5 Å². The summed E-state index contributed by atoms with van der Waals surface area (Å²) in [5.41, 5.74) is 10.0. The Morgan fingerprint density at radius 1 is 1.16 bits per heavy atom. The molecule has 21 heteroatoms. The number of imidazole rings is 2. The highest BCUT2D eigenvalue weighted by molar-refractivity contribution is 14.1. The number of nitrogens with one attached hydrogen (secondary N) is 2. The fraction of sp³-hybridized carbons (Fsp3) is 0.222. The summed E-state index contributed by atoms with van der Waals surface area (Å²) >= 11 is 13.4. The molecule has 0 fully saturated rings. The Kier molecular flexibility index (Phi) is 12.2. The number of nitrogens with two attached hydrogens (primary N) is 1. The number of carbonyl (C=O) groups is 2. The summed E-state index contributed by atoms with van der Waals surface area (Å²) < 4.78 is 37.4. The van der Waals surface area contributed by atoms with Gasteiger partial charge in [0.2, 0.25) is 6.79 Å². The first-order valence-corrected chi connectivity index (χ1v) is 20.1. The molecule has 3 aromatic carbocycles. The second-order valence-electron chi connectivity index (χ2n) is 12.5. The summed E-state index contributed by atoms with van der Waals surface area (Å²) in [6.07, 6.45) is 5.55. The number of allylic oxidation sites excluding steroid dienone is 1. The van der Waals surface area contributed by atoms with Gasteiger partial charge in [-0.2, -0.15) is 0 Å². The van der Waals surface area contributed by atoms with Crippen LogP contribution in [0.4, 0.5) is 26.4 Å². The minimum absolute atomic E-state index is 0.0637. The van der Waals surface area contributed by atoms with Crippen LogP contribution in [0.5, 0.6) is 11.5 Å². The molecule has 0 saturated carbocycles. The lowest BCUT2D eigenvalue weighted by Gasteiger charge is -2.22. The van der Waals surface area contributed by atoms with Crippen molar-refractivity contribution in [1.82, 2.24) is 39.5 Å². The van der Waals surface area contributed by atoms with Crippen LogP contribution in [0, 0.1) is 9.39 Å². The van der Waals surface area contributed by atoms with E-state index in [0.29, 0.717) is 44.0 Å². The number of anilines is 3. The molecular weight excluding hydrogens is 962 g/mol. The number of nitrogens with zero attached hydrogens (tertiary/aromatic N) is 7. The third-order valence-corrected chi connectivity index (χ3v) is 11.6. The van der Waals surface area contributed by atoms with Gasteiger partial charge in [0.1, 0.15) is 25.1 Å². The maximum Gasteiger partial charge on any atom is 0.414 e. The highest BCUT2D eigenvalue weighted by Crippen LogP contribution is 2.42. The Labute approximate surface area is 355 Å². The van der Waals surface area contributed by atoms with Gasteiger partial charge < -0.3 is 29.8 Å². The SMILES string of the molecule is CC(C)N(/C=C/Cn1c(Sc2cc3c(cc2I)OCO3)nc2c(N)ncnc21)C(=O)OCCONC(=O)c1cc2c(ncn2C)c(F)c1Nc1ccc(Br)cc1Cl. The van der Waals surface area contributed by atoms with Gasteiger partial charge in [0.25, 0.3) is 5.91 Å². The average Bonchev–Trinajstić information content (AvgIpc) is 3.89. The number of rotatable bonds is 13. The largest absolute Gasteiger partial charge is 0.454 e. The number of nitrogen functional groups attached to an aromatic ring is 1. The number of ether oxygens (including phenoxy) is 3. The van der Waals surface area contributed by atoms with Crippen LogP contribution in [-0.4, -0.2) is 72.0 Å². The van der Waals surface area contributed by atoms with Crippen LogP contribution in [-0.2, 0) is 23.2 Å². The maximum absolute atomic E-state index is 15.8. The van der Waals surface area contributed by atoms with Crippen molar-refractivity contribution in [2.75, 3.05) is 31.1 Å². The number of hydrogen-bond donors (Lipinski definition) is 3. The second kappa shape index (κ2) is 17.3. The van der Waals surface area contributed by atoms with E-state index in [1.165, 1.54) is 35.4 Å². The van der Waals surface area contributed by atoms with E-state index in [9.17, 15) is 9.59 Å². The molecule has 296 valence electrons. The molecule has 0 aliphatic carbocycles. The van der Waals surface area contributed by atoms with Crippen molar-refractivity contribution < 1.29 is 33.0 Å². The summed E-state index contributed by atoms with van der Waals surface area (Å²) in [6, 6.07) is 10.00. The first-order valence-electron chi connectivity index (χ1n) is 17.0. The number of benzene rings is 3. The molecule has 4 N–H and O–H groups in total. The highest BCUT2D eigenvalue weighted by atomic mass is 127. The van der Waals surface area contributed by atoms with Crippen LogP contribution in [0.1, 0.15) is 24.2 Å². The maximum atomic E-state index is 15.8. The Hall–Kier alpha value is -4.90. The number of aromatic nitrogens is 6. The van der Waals surface area contributed by atoms with Crippen molar-refractivity contribution in [3.63, 3.8) is 0 Å². The molecule has 4 heterocycles. The molecule has 7 rings (SSSR count). The fourth-order valence-corrected chi connectivity index (χ4v) is 8.05. The van der Waals surface area contributed by atoms with Crippen LogP contribution >= 0.6 is 61.9 Å². The smallest absolute Gasteiger partial charge is 0.414 e. The van der Waals surface area contributed by atoms with Crippen LogP contribution in [0.3, 0.4) is 0 Å². The van der Waals surface area contributed by atoms with Gasteiger partial charge in [0, 0.05) is 38.8 Å². The summed E-state index contributed by atoms with van der Waals surface area (Å²) in [5, 5.41) is 3.81. The van der Waals surface area contributed by atoms with Crippen molar-refractivity contribution in [1.29, 1.82) is 0 Å². The van der Waals surface area contributed by atoms with Gasteiger partial charge in [-0.15, -0.1) is 0 Å². The molecule has 0 unspecified atom stereocenters. The van der Waals surface area contributed by atoms with Crippen molar-refractivity contribution >= 4 is 113 Å². The topological polar surface area (TPSA) is 186 Å². The molecule has 0 radical (unpaired) electrons. The molecular formula is C36H32BrClFIN10O6S. The fourth-order valence-electron chi connectivity index (χ4n) is 5.63. The highest BCUT2D eigenvalue weighted by Gasteiger charge is 2.24. The van der Waals surface area contributed by atoms with E-state index in [4.69, 9.17) is 41.4 Å². The van der Waals surface area contributed by atoms with E-state index < -0.39 is 17.8 Å². The number of fused-ring (bicyclic) bond motifs is 3. The zero-order chi connectivity index (χ0) is 40.4. The quantitative estimate of drug-likeness (QED) is 0.0579. The molecule has 16 nitrogen and oxygen atoms in total. The van der Waals surface area contributed by atoms with Gasteiger partial charge in [-0.1, -0.05) is 39.3 Å². The number of aryl methyl sites for hydroxylation is 1. The lowest BCUT2D eigenvalue weighted by Crippen LogP contribution is -2.34. The van der Waals surface area contributed by atoms with Gasteiger partial charge in [-0.3, -0.25) is 19.1 Å². The molecule has 0 spiro atoms. The lowest BCUT2D eigenvalue weighted by atomic mass is 10.1. The monoisotopic (exact) mass is 992 g/mol. The van der Waals surface area contributed by atoms with Crippen molar-refractivity contribution in [2.24, 2.45) is 7.05 Å². The van der Waals surface area contributed by atoms with Crippen LogP contribution in [0.2, 0.25) is 5.02 Å². The molecule has 0 saturated heterocycles. The standard InChI is InChI=1S/C36H32BrClFIN10O6S/c1-18(2)49(7-4-8-50-33-31(32(41)42-15-43-33)46-35(50)57-27-14-26-25(13-22(27)40)54-17-55-26)36(52)53-9-10-56-47-34(51)20-12-24-30(44-16-48(24)3)28(39)29(20)45-23-6-5-19(37)11-21(23)38/h4-7,11-16,18,45H,8-10,17H2,1-3H3,(H,47,51)(H2,41,42,43)/b7-4+. The predicted octanol–water partition coefficient (Wildman–Crippen LogP) is 7.80. The van der Waals surface area contributed by atoms with E-state index in [2.05, 4.69) is 64.3 Å². The van der Waals surface area contributed by atoms with Crippen molar-refractivity contribution in [3.05, 3.63) is 85.8 Å². The Bertz CT molecular complexity index is 2560. The molecule has 2 amide bonds. The van der Waals surface area contributed by atoms with E-state index in [1.54, 1.807) is 42.1 Å². The predicted molar refractivity (Wildman–Crippen MR) is 223 cm³/mol. The van der Waals surface area contributed by atoms with Gasteiger partial charge in [-0.05, 0) is 78.9 Å². The first-order chi connectivity index (χ1) is 27.4. The Morgan fingerprint density at radius 2 is 1.95 bits per heavy atom. The lowest BCUT2D eigenvalue weighted by molar-refractivity contribution is 0.00860. The summed E-state index contributed by atoms with van der Waals surface area (Å²) in [7, 11) is 1.68. The zero-order valence-electron chi connectivity index (χ0n) is 30.3. The number of amides is 2. The third-order valence-electron chi connectivity index (χ3n) is 8.45. The number of carbonyl (C=O) groups excluding carboxylic acids is 2. The molecule has 3 aromatic heterocycles. The van der Waals surface area contributed by atoms with Crippen LogP contribution in [0.25, 0.3) is 22.2 Å². The summed E-state index contributed by atoms with van der Waals surface area (Å²) in [5.74, 6) is 0.0479. The van der Waals surface area contributed by atoms with Crippen LogP contribution < -0.4 is 26.0 Å². The molecule has 0 bridgehead atoms. The van der Waals surface area contributed by atoms with Gasteiger partial charge >= 0.3 is 6.09 Å². The van der Waals surface area contributed by atoms with Crippen molar-refractivity contribution in [2.45, 2.75) is 36.5 Å². The normalized spacial score (nSPS) is 12.3. The Morgan fingerprint density at radius 3 is 2.72 bits per heavy atom. The number of hydroxylamine groups is 1. The third kappa shape index (κ3) is 8.68. The van der Waals surface area contributed by atoms with Crippen molar-refractivity contribution in [3.8, 4) is 11.5 Å².